The van der Waals surface area contributed by atoms with E-state index in [9.17, 15) is 13.9 Å². The minimum atomic E-state index is -2.54. The summed E-state index contributed by atoms with van der Waals surface area (Å²) in [6, 6.07) is 0. The molecule has 0 amide bonds. The Bertz CT molecular complexity index is 735. The average molecular weight is 356 g/mol. The molecular weight excluding hydrogens is 334 g/mol. The highest BCUT2D eigenvalue weighted by Gasteiger charge is 2.19. The summed E-state index contributed by atoms with van der Waals surface area (Å²) < 4.78 is 25.1. The molecule has 0 aliphatic rings. The van der Waals surface area contributed by atoms with Crippen molar-refractivity contribution >= 4 is 34.6 Å². The van der Waals surface area contributed by atoms with Gasteiger partial charge in [0.25, 0.3) is 6.43 Å². The van der Waals surface area contributed by atoms with E-state index in [2.05, 4.69) is 41.2 Å². The van der Waals surface area contributed by atoms with Crippen molar-refractivity contribution < 1.29 is 13.9 Å². The number of hydrogen-bond donors (Lipinski definition) is 5. The van der Waals surface area contributed by atoms with E-state index in [1.807, 2.05) is 0 Å². The molecule has 2 rings (SSSR count). The maximum absolute atomic E-state index is 12.6. The molecule has 0 saturated carbocycles. The summed E-state index contributed by atoms with van der Waals surface area (Å²) in [6.07, 6.45) is -2.54. The molecule has 0 spiro atoms. The van der Waals surface area contributed by atoms with E-state index in [0.29, 0.717) is 11.3 Å². The number of hydrogen-bond acceptors (Lipinski definition) is 9. The molecule has 11 heteroatoms. The summed E-state index contributed by atoms with van der Waals surface area (Å²) in [7, 11) is 3.25. The third kappa shape index (κ3) is 4.95. The van der Waals surface area contributed by atoms with Gasteiger partial charge in [0.15, 0.2) is 11.6 Å². The number of rotatable bonds is 8. The monoisotopic (exact) mass is 356 g/mol. The molecule has 0 aliphatic heterocycles. The van der Waals surface area contributed by atoms with Crippen LogP contribution in [0.25, 0.3) is 11.0 Å². The number of halogens is 2. The Morgan fingerprint density at radius 2 is 1.40 bits per heavy atom. The second-order valence-electron chi connectivity index (χ2n) is 5.93. The largest absolute Gasteiger partial charge is 0.389 e. The van der Waals surface area contributed by atoms with Crippen LogP contribution < -0.4 is 21.3 Å². The Morgan fingerprint density at radius 3 is 1.80 bits per heavy atom. The topological polar surface area (TPSA) is 120 Å². The fourth-order valence-electron chi connectivity index (χ4n) is 1.96. The number of anilines is 4. The van der Waals surface area contributed by atoms with Crippen molar-refractivity contribution in [3.63, 3.8) is 0 Å². The zero-order valence-corrected chi connectivity index (χ0v) is 14.5. The van der Waals surface area contributed by atoms with Gasteiger partial charge in [-0.1, -0.05) is 0 Å². The van der Waals surface area contributed by atoms with Crippen molar-refractivity contribution in [3.05, 3.63) is 0 Å². The second-order valence-corrected chi connectivity index (χ2v) is 5.93. The van der Waals surface area contributed by atoms with Crippen LogP contribution >= 0.6 is 0 Å². The molecule has 0 aromatic carbocycles. The van der Waals surface area contributed by atoms with Crippen LogP contribution in [0.3, 0.4) is 0 Å². The number of aliphatic hydroxyl groups is 1. The van der Waals surface area contributed by atoms with Gasteiger partial charge in [0.2, 0.25) is 11.9 Å². The first-order valence-corrected chi connectivity index (χ1v) is 7.67. The first kappa shape index (κ1) is 18.8. The van der Waals surface area contributed by atoms with Gasteiger partial charge in [0.05, 0.1) is 12.1 Å². The van der Waals surface area contributed by atoms with Crippen LogP contribution in [0.15, 0.2) is 0 Å². The van der Waals surface area contributed by atoms with Crippen LogP contribution in [0.5, 0.6) is 0 Å². The molecule has 138 valence electrons. The number of nitrogens with zero attached hydrogens (tertiary/aromatic N) is 4. The van der Waals surface area contributed by atoms with Gasteiger partial charge in [-0.3, -0.25) is 0 Å². The Hall–Kier alpha value is -2.56. The van der Waals surface area contributed by atoms with E-state index in [0.717, 1.165) is 0 Å². The van der Waals surface area contributed by atoms with Crippen LogP contribution in [0.4, 0.5) is 32.3 Å². The van der Waals surface area contributed by atoms with Crippen molar-refractivity contribution in [1.82, 2.24) is 19.9 Å². The van der Waals surface area contributed by atoms with E-state index in [-0.39, 0.29) is 29.8 Å². The smallest absolute Gasteiger partial charge is 0.255 e. The lowest BCUT2D eigenvalue weighted by Crippen LogP contribution is -2.30. The number of nitrogens with one attached hydrogen (secondary N) is 4. The standard InChI is InChI=1S/C14H22F2N8O/c1-14(2,25)6-20-11-9-8(21-13(18-4)24-11)10(19-5-7(15)16)23-12(17-3)22-9/h7,25H,5-6H2,1-4H3,(H2,17,19,22,23)(H2,18,20,21,24). The lowest BCUT2D eigenvalue weighted by Gasteiger charge is -2.19. The number of aromatic nitrogens is 4. The van der Waals surface area contributed by atoms with Crippen LogP contribution in [-0.2, 0) is 0 Å². The lowest BCUT2D eigenvalue weighted by atomic mass is 10.1. The van der Waals surface area contributed by atoms with Gasteiger partial charge in [-0.05, 0) is 13.8 Å². The van der Waals surface area contributed by atoms with Gasteiger partial charge in [0, 0.05) is 20.6 Å². The predicted octanol–water partition coefficient (Wildman–Crippen LogP) is 1.36. The van der Waals surface area contributed by atoms with Crippen LogP contribution in [0.1, 0.15) is 13.8 Å². The van der Waals surface area contributed by atoms with Crippen molar-refractivity contribution in [2.24, 2.45) is 0 Å². The quantitative estimate of drug-likeness (QED) is 0.477. The van der Waals surface area contributed by atoms with E-state index in [1.54, 1.807) is 27.9 Å². The molecule has 25 heavy (non-hydrogen) atoms. The molecule has 0 radical (unpaired) electrons. The SMILES string of the molecule is CNc1nc(NCC(C)(C)O)c2nc(NC)nc(NCC(F)F)c2n1. The minimum Gasteiger partial charge on any atom is -0.389 e. The minimum absolute atomic E-state index is 0.167. The van der Waals surface area contributed by atoms with Crippen molar-refractivity contribution in [3.8, 4) is 0 Å². The Labute approximate surface area is 143 Å². The third-order valence-electron chi connectivity index (χ3n) is 3.10. The maximum atomic E-state index is 12.6. The molecule has 2 aromatic heterocycles. The second kappa shape index (κ2) is 7.55. The van der Waals surface area contributed by atoms with Gasteiger partial charge >= 0.3 is 0 Å². The van der Waals surface area contributed by atoms with Crippen molar-refractivity contribution in [2.45, 2.75) is 25.9 Å². The molecule has 0 bridgehead atoms. The number of fused-ring (bicyclic) bond motifs is 1. The Morgan fingerprint density at radius 1 is 0.920 bits per heavy atom. The van der Waals surface area contributed by atoms with Gasteiger partial charge < -0.3 is 26.4 Å². The van der Waals surface area contributed by atoms with Crippen molar-refractivity contribution in [1.29, 1.82) is 0 Å². The van der Waals surface area contributed by atoms with E-state index >= 15 is 0 Å². The molecule has 0 fully saturated rings. The molecule has 5 N–H and O–H groups in total. The highest BCUT2D eigenvalue weighted by molar-refractivity contribution is 5.94. The van der Waals surface area contributed by atoms with Gasteiger partial charge in [-0.15, -0.1) is 0 Å². The maximum Gasteiger partial charge on any atom is 0.255 e. The zero-order valence-electron chi connectivity index (χ0n) is 14.5. The molecule has 9 nitrogen and oxygen atoms in total. The number of alkyl halides is 2. The molecule has 2 aromatic rings. The summed E-state index contributed by atoms with van der Waals surface area (Å²) in [5, 5.41) is 21.1. The Balaban J connectivity index is 2.56. The van der Waals surface area contributed by atoms with Gasteiger partial charge in [0.1, 0.15) is 11.0 Å². The van der Waals surface area contributed by atoms with Crippen LogP contribution in [0, 0.1) is 0 Å². The molecule has 0 saturated heterocycles. The third-order valence-corrected chi connectivity index (χ3v) is 3.10. The zero-order chi connectivity index (χ0) is 18.6. The average Bonchev–Trinajstić information content (AvgIpc) is 2.56. The molecule has 0 aliphatic carbocycles. The first-order chi connectivity index (χ1) is 11.7. The molecule has 2 heterocycles. The Kier molecular flexibility index (Phi) is 5.67. The fraction of sp³-hybridized carbons (Fsp3) is 0.571. The summed E-state index contributed by atoms with van der Waals surface area (Å²) >= 11 is 0. The highest BCUT2D eigenvalue weighted by atomic mass is 19.3. The van der Waals surface area contributed by atoms with E-state index in [1.165, 1.54) is 0 Å². The molecule has 0 atom stereocenters. The molecule has 0 unspecified atom stereocenters. The van der Waals surface area contributed by atoms with E-state index < -0.39 is 18.6 Å². The lowest BCUT2D eigenvalue weighted by molar-refractivity contribution is 0.0944. The fourth-order valence-corrected chi connectivity index (χ4v) is 1.96. The van der Waals surface area contributed by atoms with Crippen LogP contribution in [-0.4, -0.2) is 64.3 Å². The van der Waals surface area contributed by atoms with Crippen molar-refractivity contribution in [2.75, 3.05) is 48.5 Å². The van der Waals surface area contributed by atoms with Gasteiger partial charge in [-0.25, -0.2) is 18.7 Å². The normalized spacial score (nSPS) is 11.7. The first-order valence-electron chi connectivity index (χ1n) is 7.67. The summed E-state index contributed by atoms with van der Waals surface area (Å²) in [5.74, 6) is 1.03. The summed E-state index contributed by atoms with van der Waals surface area (Å²) in [4.78, 5) is 17.0. The summed E-state index contributed by atoms with van der Waals surface area (Å²) in [6.45, 7) is 2.93. The van der Waals surface area contributed by atoms with E-state index in [4.69, 9.17) is 0 Å². The van der Waals surface area contributed by atoms with Gasteiger partial charge in [-0.2, -0.15) is 9.97 Å². The van der Waals surface area contributed by atoms with Crippen LogP contribution in [0.2, 0.25) is 0 Å². The highest BCUT2D eigenvalue weighted by Crippen LogP contribution is 2.27. The predicted molar refractivity (Wildman–Crippen MR) is 93.5 cm³/mol. The summed E-state index contributed by atoms with van der Waals surface area (Å²) in [5.41, 5.74) is -0.344. The molecular formula is C14H22F2N8O.